The molecule has 0 fully saturated rings. The number of carbonyl (C=O) groups is 1. The van der Waals surface area contributed by atoms with Crippen molar-refractivity contribution in [1.29, 1.82) is 0 Å². The van der Waals surface area contributed by atoms with E-state index < -0.39 is 11.5 Å². The van der Waals surface area contributed by atoms with Gasteiger partial charge in [-0.15, -0.1) is 5.10 Å². The maximum Gasteiger partial charge on any atom is 0.350 e. The third-order valence-corrected chi connectivity index (χ3v) is 5.70. The van der Waals surface area contributed by atoms with Crippen molar-refractivity contribution in [1.82, 2.24) is 24.3 Å². The number of unbranched alkanes of at least 4 members (excludes halogenated alkanes) is 1. The van der Waals surface area contributed by atoms with Crippen LogP contribution in [-0.4, -0.2) is 30.2 Å². The minimum Gasteiger partial charge on any atom is -0.333 e. The Balaban J connectivity index is 1.37. The molecule has 0 aliphatic carbocycles. The van der Waals surface area contributed by atoms with Crippen LogP contribution >= 0.6 is 0 Å². The Morgan fingerprint density at radius 2 is 1.94 bits per heavy atom. The van der Waals surface area contributed by atoms with Gasteiger partial charge in [0.15, 0.2) is 5.65 Å². The molecule has 3 aromatic heterocycles. The summed E-state index contributed by atoms with van der Waals surface area (Å²) in [4.78, 5) is 29.8. The number of amides is 1. The van der Waals surface area contributed by atoms with Gasteiger partial charge in [-0.05, 0) is 54.8 Å². The number of benzene rings is 2. The minimum atomic E-state index is -0.484. The van der Waals surface area contributed by atoms with Gasteiger partial charge in [0.1, 0.15) is 12.4 Å². The highest BCUT2D eigenvalue weighted by atomic mass is 19.1. The van der Waals surface area contributed by atoms with E-state index in [1.165, 1.54) is 22.1 Å². The molecule has 3 heterocycles. The number of halogens is 1. The van der Waals surface area contributed by atoms with E-state index in [9.17, 15) is 14.0 Å². The zero-order valence-electron chi connectivity index (χ0n) is 19.5. The summed E-state index contributed by atoms with van der Waals surface area (Å²) in [6, 6.07) is 16.8. The Kier molecular flexibility index (Phi) is 6.40. The fraction of sp³-hybridized carbons (Fsp3) is 0.192. The maximum absolute atomic E-state index is 13.6. The van der Waals surface area contributed by atoms with Gasteiger partial charge in [0.2, 0.25) is 11.7 Å². The number of hydrogen-bond acceptors (Lipinski definition) is 6. The van der Waals surface area contributed by atoms with Crippen molar-refractivity contribution in [2.24, 2.45) is 0 Å². The second-order valence-corrected chi connectivity index (χ2v) is 8.34. The first-order chi connectivity index (χ1) is 17.5. The average molecular weight is 487 g/mol. The molecule has 0 radical (unpaired) electrons. The molecule has 0 bridgehead atoms. The topological polar surface area (TPSA) is 107 Å². The van der Waals surface area contributed by atoms with E-state index in [1.54, 1.807) is 30.5 Å². The Labute approximate surface area is 205 Å². The number of nitrogens with one attached hydrogen (secondary N) is 1. The number of rotatable bonds is 8. The van der Waals surface area contributed by atoms with Crippen molar-refractivity contribution in [3.8, 4) is 22.8 Å². The zero-order chi connectivity index (χ0) is 25.1. The molecule has 10 heteroatoms. The highest BCUT2D eigenvalue weighted by molar-refractivity contribution is 5.90. The largest absolute Gasteiger partial charge is 0.350 e. The van der Waals surface area contributed by atoms with Gasteiger partial charge in [0.05, 0.1) is 5.56 Å². The Morgan fingerprint density at radius 3 is 2.72 bits per heavy atom. The highest BCUT2D eigenvalue weighted by Gasteiger charge is 2.19. The number of anilines is 1. The first-order valence-electron chi connectivity index (χ1n) is 11.6. The molecule has 1 amide bonds. The molecular formula is C26H23FN6O3. The molecule has 182 valence electrons. The fourth-order valence-corrected chi connectivity index (χ4v) is 3.86. The minimum absolute atomic E-state index is 0.115. The molecule has 0 spiro atoms. The van der Waals surface area contributed by atoms with Gasteiger partial charge in [-0.1, -0.05) is 42.8 Å². The number of aromatic nitrogens is 5. The van der Waals surface area contributed by atoms with E-state index in [0.717, 1.165) is 23.9 Å². The Hall–Kier alpha value is -4.60. The molecule has 9 nitrogen and oxygen atoms in total. The van der Waals surface area contributed by atoms with E-state index in [1.807, 2.05) is 24.3 Å². The van der Waals surface area contributed by atoms with Gasteiger partial charge >= 0.3 is 5.69 Å². The quantitative estimate of drug-likeness (QED) is 0.350. The summed E-state index contributed by atoms with van der Waals surface area (Å²) >= 11 is 0. The van der Waals surface area contributed by atoms with E-state index in [0.29, 0.717) is 16.8 Å². The van der Waals surface area contributed by atoms with Gasteiger partial charge in [-0.3, -0.25) is 4.79 Å². The number of nitrogens with zero attached hydrogens (tertiary/aromatic N) is 5. The molecule has 36 heavy (non-hydrogen) atoms. The summed E-state index contributed by atoms with van der Waals surface area (Å²) in [5.74, 6) is -0.482. The van der Waals surface area contributed by atoms with Crippen LogP contribution in [0.4, 0.5) is 10.1 Å². The van der Waals surface area contributed by atoms with Gasteiger partial charge < -0.3 is 9.84 Å². The molecule has 0 saturated heterocycles. The lowest BCUT2D eigenvalue weighted by Crippen LogP contribution is -2.28. The molecule has 0 saturated carbocycles. The molecular weight excluding hydrogens is 463 g/mol. The van der Waals surface area contributed by atoms with E-state index in [4.69, 9.17) is 4.52 Å². The molecule has 0 atom stereocenters. The van der Waals surface area contributed by atoms with Crippen molar-refractivity contribution >= 4 is 17.2 Å². The van der Waals surface area contributed by atoms with Gasteiger partial charge in [0, 0.05) is 17.4 Å². The third-order valence-electron chi connectivity index (χ3n) is 5.70. The number of aryl methyl sites for hydroxylation is 1. The second kappa shape index (κ2) is 9.95. The average Bonchev–Trinajstić information content (AvgIpc) is 3.49. The first-order valence-corrected chi connectivity index (χ1v) is 11.6. The molecule has 0 unspecified atom stereocenters. The number of hydrogen-bond donors (Lipinski definition) is 1. The summed E-state index contributed by atoms with van der Waals surface area (Å²) in [6.45, 7) is 1.88. The van der Waals surface area contributed by atoms with Crippen molar-refractivity contribution in [2.45, 2.75) is 32.7 Å². The smallest absolute Gasteiger partial charge is 0.333 e. The van der Waals surface area contributed by atoms with Crippen LogP contribution in [0, 0.1) is 5.82 Å². The zero-order valence-corrected chi connectivity index (χ0v) is 19.5. The van der Waals surface area contributed by atoms with E-state index in [2.05, 4.69) is 27.5 Å². The number of carbonyl (C=O) groups excluding carboxylic acids is 1. The van der Waals surface area contributed by atoms with Crippen molar-refractivity contribution in [2.75, 3.05) is 5.32 Å². The van der Waals surface area contributed by atoms with Crippen LogP contribution in [0.3, 0.4) is 0 Å². The van der Waals surface area contributed by atoms with Crippen molar-refractivity contribution < 1.29 is 13.7 Å². The Bertz CT molecular complexity index is 1590. The first kappa shape index (κ1) is 23.2. The van der Waals surface area contributed by atoms with Crippen LogP contribution in [-0.2, 0) is 17.8 Å². The summed E-state index contributed by atoms with van der Waals surface area (Å²) in [5.41, 5.74) is 2.49. The van der Waals surface area contributed by atoms with Gasteiger partial charge in [-0.25, -0.2) is 18.3 Å². The van der Waals surface area contributed by atoms with Crippen LogP contribution in [0.1, 0.15) is 25.3 Å². The molecule has 2 aromatic carbocycles. The van der Waals surface area contributed by atoms with E-state index in [-0.39, 0.29) is 29.8 Å². The van der Waals surface area contributed by atoms with Crippen LogP contribution < -0.4 is 11.0 Å². The molecule has 1 N–H and O–H groups in total. The van der Waals surface area contributed by atoms with E-state index >= 15 is 0 Å². The summed E-state index contributed by atoms with van der Waals surface area (Å²) < 4.78 is 21.3. The molecule has 5 aromatic rings. The monoisotopic (exact) mass is 486 g/mol. The summed E-state index contributed by atoms with van der Waals surface area (Å²) in [7, 11) is 0. The molecule has 0 aliphatic heterocycles. The lowest BCUT2D eigenvalue weighted by molar-refractivity contribution is -0.117. The number of fused-ring (bicyclic) bond motifs is 1. The van der Waals surface area contributed by atoms with Gasteiger partial charge in [-0.2, -0.15) is 4.98 Å². The predicted molar refractivity (Wildman–Crippen MR) is 132 cm³/mol. The number of pyridine rings is 1. The third kappa shape index (κ3) is 4.78. The van der Waals surface area contributed by atoms with Crippen LogP contribution in [0.25, 0.3) is 28.5 Å². The standard InChI is InChI=1S/C26H23FN6O3/c1-2-3-6-17-10-12-20(13-11-17)28-22(34)16-33-26(35)32-14-5-9-21(24(32)30-33)25-29-23(31-36-25)18-7-4-8-19(27)15-18/h4-5,7-15H,2-3,6,16H2,1H3,(H,28,34). The maximum atomic E-state index is 13.6. The van der Waals surface area contributed by atoms with Crippen LogP contribution in [0.5, 0.6) is 0 Å². The molecule has 0 aliphatic rings. The summed E-state index contributed by atoms with van der Waals surface area (Å²) in [5, 5.41) is 11.0. The normalized spacial score (nSPS) is 11.2. The van der Waals surface area contributed by atoms with Crippen LogP contribution in [0.15, 0.2) is 76.2 Å². The molecule has 5 rings (SSSR count). The second-order valence-electron chi connectivity index (χ2n) is 8.34. The summed E-state index contributed by atoms with van der Waals surface area (Å²) in [6.07, 6.45) is 4.77. The van der Waals surface area contributed by atoms with Crippen molar-refractivity contribution in [3.63, 3.8) is 0 Å². The SMILES string of the molecule is CCCCc1ccc(NC(=O)Cn2nc3c(-c4nc(-c5cccc(F)c5)no4)cccn3c2=O)cc1. The predicted octanol–water partition coefficient (Wildman–Crippen LogP) is 4.33. The lowest BCUT2D eigenvalue weighted by atomic mass is 10.1. The lowest BCUT2D eigenvalue weighted by Gasteiger charge is -2.06. The Morgan fingerprint density at radius 1 is 1.11 bits per heavy atom. The fourth-order valence-electron chi connectivity index (χ4n) is 3.86. The highest BCUT2D eigenvalue weighted by Crippen LogP contribution is 2.24. The van der Waals surface area contributed by atoms with Crippen LogP contribution in [0.2, 0.25) is 0 Å². The van der Waals surface area contributed by atoms with Crippen molar-refractivity contribution in [3.05, 3.63) is 88.7 Å². The van der Waals surface area contributed by atoms with Gasteiger partial charge in [0.25, 0.3) is 5.89 Å².